The smallest absolute Gasteiger partial charge is 0.224 e. The fourth-order valence-corrected chi connectivity index (χ4v) is 3.36. The number of benzene rings is 2. The quantitative estimate of drug-likeness (QED) is 0.775. The Balaban J connectivity index is 1.73. The Bertz CT molecular complexity index is 900. The number of carboxylic acids is 1. The normalized spacial score (nSPS) is 10.7. The van der Waals surface area contributed by atoms with Crippen LogP contribution in [0.4, 0.5) is 5.69 Å². The highest BCUT2D eigenvalue weighted by molar-refractivity contribution is 7.21. The summed E-state index contributed by atoms with van der Waals surface area (Å²) in [5.74, 6) is -1.58. The van der Waals surface area contributed by atoms with Gasteiger partial charge in [0.15, 0.2) is 0 Å². The number of hydrogen-bond donors (Lipinski definition) is 1. The summed E-state index contributed by atoms with van der Waals surface area (Å²) >= 11 is 1.62. The molecule has 3 aromatic rings. The van der Waals surface area contributed by atoms with Crippen molar-refractivity contribution >= 4 is 39.1 Å². The zero-order valence-corrected chi connectivity index (χ0v) is 13.9. The van der Waals surface area contributed by atoms with E-state index in [-0.39, 0.29) is 18.7 Å². The van der Waals surface area contributed by atoms with Crippen LogP contribution < -0.4 is 10.4 Å². The Morgan fingerprint density at radius 1 is 1.12 bits per heavy atom. The minimum atomic E-state index is -1.23. The van der Waals surface area contributed by atoms with Gasteiger partial charge in [-0.15, -0.1) is 11.3 Å². The third-order valence-electron chi connectivity index (χ3n) is 3.52. The number of thiazole rings is 1. The number of rotatable bonds is 5. The van der Waals surface area contributed by atoms with Gasteiger partial charge in [0, 0.05) is 23.6 Å². The number of nitrogens with one attached hydrogen (secondary N) is 1. The minimum Gasteiger partial charge on any atom is -0.550 e. The van der Waals surface area contributed by atoms with Crippen LogP contribution in [0, 0.1) is 6.92 Å². The van der Waals surface area contributed by atoms with Crippen molar-refractivity contribution in [3.8, 4) is 10.6 Å². The fourth-order valence-electron chi connectivity index (χ4n) is 2.29. The van der Waals surface area contributed by atoms with Gasteiger partial charge in [0.25, 0.3) is 0 Å². The van der Waals surface area contributed by atoms with Gasteiger partial charge in [-0.25, -0.2) is 4.98 Å². The Kier molecular flexibility index (Phi) is 4.57. The summed E-state index contributed by atoms with van der Waals surface area (Å²) in [5, 5.41) is 13.9. The standard InChI is InChI=1S/C18H16N2O3S/c1-11-2-7-14-15(10-11)24-18(20-14)12-3-5-13(6-4-12)19-16(21)8-9-17(22)23/h2-7,10H,8-9H2,1H3,(H,19,21)(H,22,23)/p-1. The van der Waals surface area contributed by atoms with Crippen molar-refractivity contribution in [2.24, 2.45) is 0 Å². The van der Waals surface area contributed by atoms with Crippen molar-refractivity contribution in [2.75, 3.05) is 5.32 Å². The van der Waals surface area contributed by atoms with Crippen LogP contribution in [0.25, 0.3) is 20.8 Å². The molecular formula is C18H15N2O3S-. The van der Waals surface area contributed by atoms with Crippen molar-refractivity contribution in [3.63, 3.8) is 0 Å². The third-order valence-corrected chi connectivity index (χ3v) is 4.58. The number of carboxylic acid groups (broad SMARTS) is 1. The molecule has 0 fully saturated rings. The van der Waals surface area contributed by atoms with Gasteiger partial charge >= 0.3 is 0 Å². The van der Waals surface area contributed by atoms with Crippen LogP contribution in [0.1, 0.15) is 18.4 Å². The molecule has 0 bridgehead atoms. The van der Waals surface area contributed by atoms with Crippen molar-refractivity contribution in [2.45, 2.75) is 19.8 Å². The highest BCUT2D eigenvalue weighted by Gasteiger charge is 2.07. The van der Waals surface area contributed by atoms with Gasteiger partial charge in [-0.05, 0) is 55.3 Å². The van der Waals surface area contributed by atoms with Gasteiger partial charge in [-0.2, -0.15) is 0 Å². The maximum atomic E-state index is 11.6. The molecule has 5 nitrogen and oxygen atoms in total. The molecule has 6 heteroatoms. The number of carbonyl (C=O) groups is 2. The van der Waals surface area contributed by atoms with E-state index in [1.54, 1.807) is 23.5 Å². The van der Waals surface area contributed by atoms with E-state index in [0.717, 1.165) is 20.8 Å². The zero-order chi connectivity index (χ0) is 17.1. The van der Waals surface area contributed by atoms with Crippen LogP contribution in [0.15, 0.2) is 42.5 Å². The number of nitrogens with zero attached hydrogens (tertiary/aromatic N) is 1. The molecule has 1 N–H and O–H groups in total. The first kappa shape index (κ1) is 16.1. The van der Waals surface area contributed by atoms with Crippen molar-refractivity contribution in [1.29, 1.82) is 0 Å². The van der Waals surface area contributed by atoms with Crippen LogP contribution in [0.5, 0.6) is 0 Å². The van der Waals surface area contributed by atoms with E-state index in [1.807, 2.05) is 24.3 Å². The molecule has 1 heterocycles. The summed E-state index contributed by atoms with van der Waals surface area (Å²) in [6, 6.07) is 13.5. The zero-order valence-electron chi connectivity index (χ0n) is 13.0. The second kappa shape index (κ2) is 6.80. The van der Waals surface area contributed by atoms with Crippen molar-refractivity contribution < 1.29 is 14.7 Å². The van der Waals surface area contributed by atoms with Gasteiger partial charge in [0.2, 0.25) is 5.91 Å². The summed E-state index contributed by atoms with van der Waals surface area (Å²) in [5.41, 5.74) is 3.77. The molecule has 0 saturated carbocycles. The molecule has 1 amide bonds. The van der Waals surface area contributed by atoms with E-state index in [1.165, 1.54) is 5.56 Å². The van der Waals surface area contributed by atoms with Gasteiger partial charge < -0.3 is 15.2 Å². The number of aryl methyl sites for hydroxylation is 1. The Labute approximate surface area is 143 Å². The first-order chi connectivity index (χ1) is 11.5. The highest BCUT2D eigenvalue weighted by atomic mass is 32.1. The predicted octanol–water partition coefficient (Wildman–Crippen LogP) is 2.74. The van der Waals surface area contributed by atoms with E-state index in [2.05, 4.69) is 23.3 Å². The maximum Gasteiger partial charge on any atom is 0.224 e. The molecule has 3 rings (SSSR count). The molecule has 2 aromatic carbocycles. The molecule has 0 aliphatic carbocycles. The fraction of sp³-hybridized carbons (Fsp3) is 0.167. The molecule has 0 radical (unpaired) electrons. The van der Waals surface area contributed by atoms with Crippen LogP contribution in [-0.2, 0) is 9.59 Å². The molecule has 1 aromatic heterocycles. The van der Waals surface area contributed by atoms with Crippen LogP contribution >= 0.6 is 11.3 Å². The van der Waals surface area contributed by atoms with Gasteiger partial charge in [-0.3, -0.25) is 4.79 Å². The summed E-state index contributed by atoms with van der Waals surface area (Å²) in [6.07, 6.45) is -0.379. The van der Waals surface area contributed by atoms with Crippen LogP contribution in [0.3, 0.4) is 0 Å². The molecule has 0 aliphatic heterocycles. The van der Waals surface area contributed by atoms with E-state index in [0.29, 0.717) is 5.69 Å². The molecule has 122 valence electrons. The van der Waals surface area contributed by atoms with Gasteiger partial charge in [0.1, 0.15) is 5.01 Å². The average Bonchev–Trinajstić information content (AvgIpc) is 2.96. The lowest BCUT2D eigenvalue weighted by Gasteiger charge is -2.06. The number of carbonyl (C=O) groups excluding carboxylic acids is 2. The molecular weight excluding hydrogens is 324 g/mol. The Morgan fingerprint density at radius 3 is 2.58 bits per heavy atom. The molecule has 24 heavy (non-hydrogen) atoms. The Hall–Kier alpha value is -2.73. The number of fused-ring (bicyclic) bond motifs is 1. The van der Waals surface area contributed by atoms with E-state index < -0.39 is 5.97 Å². The Morgan fingerprint density at radius 2 is 1.88 bits per heavy atom. The lowest BCUT2D eigenvalue weighted by atomic mass is 10.2. The lowest BCUT2D eigenvalue weighted by Crippen LogP contribution is -2.24. The SMILES string of the molecule is Cc1ccc2nc(-c3ccc(NC(=O)CCC(=O)[O-])cc3)sc2c1. The molecule has 0 atom stereocenters. The minimum absolute atomic E-state index is 0.0959. The van der Waals surface area contributed by atoms with E-state index in [9.17, 15) is 14.7 Å². The summed E-state index contributed by atoms with van der Waals surface area (Å²) in [7, 11) is 0. The molecule has 0 spiro atoms. The van der Waals surface area contributed by atoms with E-state index >= 15 is 0 Å². The second-order valence-electron chi connectivity index (χ2n) is 5.49. The average molecular weight is 339 g/mol. The van der Waals surface area contributed by atoms with Crippen molar-refractivity contribution in [1.82, 2.24) is 4.98 Å². The number of anilines is 1. The topological polar surface area (TPSA) is 82.1 Å². The first-order valence-corrected chi connectivity index (χ1v) is 8.30. The van der Waals surface area contributed by atoms with Crippen molar-refractivity contribution in [3.05, 3.63) is 48.0 Å². The number of aliphatic carboxylic acids is 1. The lowest BCUT2D eigenvalue weighted by molar-refractivity contribution is -0.305. The number of aromatic nitrogens is 1. The van der Waals surface area contributed by atoms with E-state index in [4.69, 9.17) is 0 Å². The first-order valence-electron chi connectivity index (χ1n) is 7.48. The summed E-state index contributed by atoms with van der Waals surface area (Å²) < 4.78 is 1.14. The summed E-state index contributed by atoms with van der Waals surface area (Å²) in [4.78, 5) is 26.6. The number of amides is 1. The predicted molar refractivity (Wildman–Crippen MR) is 92.7 cm³/mol. The molecule has 0 unspecified atom stereocenters. The number of hydrogen-bond acceptors (Lipinski definition) is 5. The van der Waals surface area contributed by atoms with Gasteiger partial charge in [0.05, 0.1) is 10.2 Å². The van der Waals surface area contributed by atoms with Crippen LogP contribution in [-0.4, -0.2) is 16.9 Å². The van der Waals surface area contributed by atoms with Gasteiger partial charge in [-0.1, -0.05) is 6.07 Å². The molecule has 0 saturated heterocycles. The second-order valence-corrected chi connectivity index (χ2v) is 6.52. The third kappa shape index (κ3) is 3.78. The monoisotopic (exact) mass is 339 g/mol. The van der Waals surface area contributed by atoms with Crippen LogP contribution in [0.2, 0.25) is 0 Å². The largest absolute Gasteiger partial charge is 0.550 e. The maximum absolute atomic E-state index is 11.6. The molecule has 0 aliphatic rings. The summed E-state index contributed by atoms with van der Waals surface area (Å²) in [6.45, 7) is 2.05. The highest BCUT2D eigenvalue weighted by Crippen LogP contribution is 2.31.